The first-order valence-corrected chi connectivity index (χ1v) is 12.8. The average molecular weight is 485 g/mol. The smallest absolute Gasteiger partial charge is 0.276 e. The summed E-state index contributed by atoms with van der Waals surface area (Å²) in [6.45, 7) is 4.23. The van der Waals surface area contributed by atoms with Crippen LogP contribution in [0.5, 0.6) is 11.5 Å². The summed E-state index contributed by atoms with van der Waals surface area (Å²) >= 11 is 0. The van der Waals surface area contributed by atoms with Gasteiger partial charge in [0.1, 0.15) is 0 Å². The molecule has 1 amide bonds. The maximum absolute atomic E-state index is 13.5. The van der Waals surface area contributed by atoms with Crippen LogP contribution in [0, 0.1) is 13.8 Å². The zero-order valence-corrected chi connectivity index (χ0v) is 20.5. The molecule has 3 aromatic rings. The Kier molecular flexibility index (Phi) is 6.65. The summed E-state index contributed by atoms with van der Waals surface area (Å²) in [4.78, 5) is 15.1. The van der Waals surface area contributed by atoms with E-state index in [4.69, 9.17) is 14.0 Å². The van der Waals surface area contributed by atoms with E-state index in [9.17, 15) is 13.2 Å². The Morgan fingerprint density at radius 3 is 2.47 bits per heavy atom. The van der Waals surface area contributed by atoms with E-state index >= 15 is 0 Å². The summed E-state index contributed by atoms with van der Waals surface area (Å²) in [5, 5.41) is 4.02. The van der Waals surface area contributed by atoms with E-state index in [1.807, 2.05) is 38.1 Å². The van der Waals surface area contributed by atoms with E-state index in [2.05, 4.69) is 5.16 Å². The second-order valence-electron chi connectivity index (χ2n) is 8.55. The Morgan fingerprint density at radius 2 is 1.82 bits per heavy atom. The molecule has 1 fully saturated rings. The Labute approximate surface area is 199 Å². The van der Waals surface area contributed by atoms with Gasteiger partial charge in [0, 0.05) is 24.2 Å². The molecule has 2 heterocycles. The van der Waals surface area contributed by atoms with Crippen molar-refractivity contribution in [1.82, 2.24) is 10.1 Å². The molecular weight excluding hydrogens is 456 g/mol. The number of carbonyl (C=O) groups is 1. The molecule has 8 nitrogen and oxygen atoms in total. The molecule has 4 rings (SSSR count). The van der Waals surface area contributed by atoms with Crippen molar-refractivity contribution in [3.8, 4) is 22.8 Å². The normalized spacial score (nSPS) is 16.9. The lowest BCUT2D eigenvalue weighted by Gasteiger charge is -2.27. The number of rotatable bonds is 7. The fourth-order valence-corrected chi connectivity index (χ4v) is 5.85. The van der Waals surface area contributed by atoms with Crippen molar-refractivity contribution in [2.45, 2.75) is 32.9 Å². The zero-order chi connectivity index (χ0) is 24.5. The number of nitrogens with zero attached hydrogens (tertiary/aromatic N) is 2. The van der Waals surface area contributed by atoms with Gasteiger partial charge >= 0.3 is 0 Å². The summed E-state index contributed by atoms with van der Waals surface area (Å²) in [7, 11) is -0.111. The van der Waals surface area contributed by atoms with Gasteiger partial charge in [-0.2, -0.15) is 0 Å². The zero-order valence-electron chi connectivity index (χ0n) is 19.7. The molecular formula is C25H28N2O6S. The second kappa shape index (κ2) is 9.50. The van der Waals surface area contributed by atoms with Crippen LogP contribution in [0.4, 0.5) is 0 Å². The number of aryl methyl sites for hydroxylation is 2. The van der Waals surface area contributed by atoms with Crippen molar-refractivity contribution in [1.29, 1.82) is 0 Å². The molecule has 34 heavy (non-hydrogen) atoms. The molecule has 1 aliphatic rings. The second-order valence-corrected chi connectivity index (χ2v) is 10.8. The standard InChI is InChI=1S/C25H28N2O6S/c1-16-5-7-19(11-17(16)2)23-13-21(26-33-23)25(28)27(20-9-10-34(29,30)15-20)14-18-6-8-22(31-3)24(12-18)32-4/h5-8,11-13,20H,9-10,14-15H2,1-4H3/t20-/m0/s1. The lowest BCUT2D eigenvalue weighted by atomic mass is 10.0. The number of methoxy groups -OCH3 is 2. The maximum atomic E-state index is 13.5. The van der Waals surface area contributed by atoms with Crippen LogP contribution >= 0.6 is 0 Å². The predicted molar refractivity (Wildman–Crippen MR) is 128 cm³/mol. The van der Waals surface area contributed by atoms with Crippen LogP contribution in [0.15, 0.2) is 47.0 Å². The molecule has 1 atom stereocenters. The highest BCUT2D eigenvalue weighted by atomic mass is 32.2. The molecule has 0 radical (unpaired) electrons. The topological polar surface area (TPSA) is 98.9 Å². The van der Waals surface area contributed by atoms with E-state index in [-0.39, 0.29) is 29.7 Å². The summed E-state index contributed by atoms with van der Waals surface area (Å²) in [5.74, 6) is 1.19. The highest BCUT2D eigenvalue weighted by Gasteiger charge is 2.36. The molecule has 1 aliphatic heterocycles. The van der Waals surface area contributed by atoms with Gasteiger partial charge in [-0.1, -0.05) is 23.4 Å². The molecule has 1 saturated heterocycles. The van der Waals surface area contributed by atoms with Crippen molar-refractivity contribution < 1.29 is 27.2 Å². The summed E-state index contributed by atoms with van der Waals surface area (Å²) < 4.78 is 40.5. The minimum atomic E-state index is -3.20. The number of hydrogen-bond donors (Lipinski definition) is 0. The molecule has 1 aromatic heterocycles. The summed E-state index contributed by atoms with van der Waals surface area (Å²) in [6, 6.07) is 12.4. The largest absolute Gasteiger partial charge is 0.493 e. The lowest BCUT2D eigenvalue weighted by Crippen LogP contribution is -2.40. The van der Waals surface area contributed by atoms with Crippen molar-refractivity contribution in [3.63, 3.8) is 0 Å². The van der Waals surface area contributed by atoms with Gasteiger partial charge in [-0.05, 0) is 55.2 Å². The summed E-state index contributed by atoms with van der Waals surface area (Å²) in [6.07, 6.45) is 0.378. The third-order valence-electron chi connectivity index (χ3n) is 6.23. The summed E-state index contributed by atoms with van der Waals surface area (Å²) in [5.41, 5.74) is 4.01. The quantitative estimate of drug-likeness (QED) is 0.503. The Balaban J connectivity index is 1.65. The third kappa shape index (κ3) is 4.94. The van der Waals surface area contributed by atoms with Gasteiger partial charge in [-0.15, -0.1) is 0 Å². The van der Waals surface area contributed by atoms with Crippen LogP contribution in [0.3, 0.4) is 0 Å². The van der Waals surface area contributed by atoms with Gasteiger partial charge in [-0.25, -0.2) is 8.42 Å². The number of hydrogen-bond acceptors (Lipinski definition) is 7. The van der Waals surface area contributed by atoms with Crippen LogP contribution in [-0.2, 0) is 16.4 Å². The fourth-order valence-electron chi connectivity index (χ4n) is 4.12. The van der Waals surface area contributed by atoms with E-state index in [0.717, 1.165) is 22.3 Å². The van der Waals surface area contributed by atoms with E-state index in [0.29, 0.717) is 23.7 Å². The molecule has 0 N–H and O–H groups in total. The van der Waals surface area contributed by atoms with Crippen molar-refractivity contribution in [2.24, 2.45) is 0 Å². The predicted octanol–water partition coefficient (Wildman–Crippen LogP) is 3.81. The average Bonchev–Trinajstić information content (AvgIpc) is 3.45. The first kappa shape index (κ1) is 23.8. The highest BCUT2D eigenvalue weighted by Crippen LogP contribution is 2.30. The number of sulfone groups is 1. The molecule has 0 unspecified atom stereocenters. The van der Waals surface area contributed by atoms with Crippen LogP contribution in [0.25, 0.3) is 11.3 Å². The number of aromatic nitrogens is 1. The monoisotopic (exact) mass is 484 g/mol. The van der Waals surface area contributed by atoms with Gasteiger partial charge in [0.15, 0.2) is 32.8 Å². The molecule has 2 aromatic carbocycles. The Morgan fingerprint density at radius 1 is 1.06 bits per heavy atom. The van der Waals surface area contributed by atoms with Gasteiger partial charge in [0.2, 0.25) is 0 Å². The maximum Gasteiger partial charge on any atom is 0.276 e. The van der Waals surface area contributed by atoms with Crippen LogP contribution in [-0.4, -0.2) is 56.1 Å². The number of carbonyl (C=O) groups excluding carboxylic acids is 1. The first-order chi connectivity index (χ1) is 16.2. The van der Waals surface area contributed by atoms with Gasteiger partial charge in [-0.3, -0.25) is 4.79 Å². The lowest BCUT2D eigenvalue weighted by molar-refractivity contribution is 0.0670. The van der Waals surface area contributed by atoms with Crippen molar-refractivity contribution in [2.75, 3.05) is 25.7 Å². The van der Waals surface area contributed by atoms with E-state index in [1.54, 1.807) is 30.2 Å². The molecule has 180 valence electrons. The number of amides is 1. The van der Waals surface area contributed by atoms with Crippen LogP contribution in [0.2, 0.25) is 0 Å². The molecule has 0 aliphatic carbocycles. The molecule has 9 heteroatoms. The number of benzene rings is 2. The Bertz CT molecular complexity index is 1310. The SMILES string of the molecule is COc1ccc(CN(C(=O)c2cc(-c3ccc(C)c(C)c3)on2)[C@H]2CCS(=O)(=O)C2)cc1OC. The minimum absolute atomic E-state index is 0.0556. The molecule has 0 saturated carbocycles. The van der Waals surface area contributed by atoms with Crippen LogP contribution in [0.1, 0.15) is 33.6 Å². The molecule has 0 bridgehead atoms. The van der Waals surface area contributed by atoms with Crippen molar-refractivity contribution >= 4 is 15.7 Å². The Hall–Kier alpha value is -3.33. The van der Waals surface area contributed by atoms with Gasteiger partial charge < -0.3 is 18.9 Å². The van der Waals surface area contributed by atoms with E-state index < -0.39 is 15.9 Å². The highest BCUT2D eigenvalue weighted by molar-refractivity contribution is 7.91. The third-order valence-corrected chi connectivity index (χ3v) is 7.98. The van der Waals surface area contributed by atoms with Crippen LogP contribution < -0.4 is 9.47 Å². The van der Waals surface area contributed by atoms with Gasteiger partial charge in [0.05, 0.1) is 25.7 Å². The fraction of sp³-hybridized carbons (Fsp3) is 0.360. The minimum Gasteiger partial charge on any atom is -0.493 e. The van der Waals surface area contributed by atoms with E-state index in [1.165, 1.54) is 7.11 Å². The van der Waals surface area contributed by atoms with Gasteiger partial charge in [0.25, 0.3) is 5.91 Å². The number of ether oxygens (including phenoxy) is 2. The van der Waals surface area contributed by atoms with Crippen molar-refractivity contribution in [3.05, 3.63) is 64.8 Å². The molecule has 0 spiro atoms. The first-order valence-electron chi connectivity index (χ1n) is 11.0.